The molecule has 31 heavy (non-hydrogen) atoms. The number of fused-ring (bicyclic) bond motifs is 1. The van der Waals surface area contributed by atoms with Crippen molar-refractivity contribution in [2.75, 3.05) is 13.7 Å². The summed E-state index contributed by atoms with van der Waals surface area (Å²) in [6.07, 6.45) is 8.96. The maximum Gasteiger partial charge on any atom is 0.0544 e. The quantitative estimate of drug-likeness (QED) is 0.546. The summed E-state index contributed by atoms with van der Waals surface area (Å²) in [7, 11) is 1.96. The standard InChI is InChI=1S/C19H32O2.C9H13N/c1-13-4-5-14-10-15(6-8-18(13,14)2)19(3)9-7-17(21)11-16(19)12-20;1-8-3-5-9(6-4-8)7-10-2/h14-17,20-21H,1,4-12H2,2-3H3;3-6,10H,7H2,1-2H3. The van der Waals surface area contributed by atoms with Gasteiger partial charge in [0.1, 0.15) is 0 Å². The Kier molecular flexibility index (Phi) is 8.05. The van der Waals surface area contributed by atoms with E-state index in [-0.39, 0.29) is 24.0 Å². The number of rotatable bonds is 4. The van der Waals surface area contributed by atoms with Gasteiger partial charge in [-0.15, -0.1) is 0 Å². The zero-order valence-electron chi connectivity index (χ0n) is 20.3. The number of benzene rings is 1. The Bertz CT molecular complexity index is 729. The highest BCUT2D eigenvalue weighted by Crippen LogP contribution is 2.61. The predicted octanol–water partition coefficient (Wildman–Crippen LogP) is 5.63. The van der Waals surface area contributed by atoms with Crippen LogP contribution in [0.1, 0.15) is 76.3 Å². The minimum Gasteiger partial charge on any atom is -0.396 e. The summed E-state index contributed by atoms with van der Waals surface area (Å²) in [6.45, 7) is 12.4. The Morgan fingerprint density at radius 1 is 1.03 bits per heavy atom. The minimum absolute atomic E-state index is 0.199. The SMILES string of the molecule is C=C1CCC2CC(C3(C)CCC(O)CC3CO)CCC12C.CNCc1ccc(C)cc1. The van der Waals surface area contributed by atoms with Gasteiger partial charge in [-0.1, -0.05) is 55.8 Å². The molecule has 0 spiro atoms. The fourth-order valence-electron chi connectivity index (χ4n) is 6.66. The largest absolute Gasteiger partial charge is 0.396 e. The first-order chi connectivity index (χ1) is 14.7. The van der Waals surface area contributed by atoms with E-state index < -0.39 is 0 Å². The predicted molar refractivity (Wildman–Crippen MR) is 130 cm³/mol. The minimum atomic E-state index is -0.199. The first kappa shape index (κ1) is 24.5. The van der Waals surface area contributed by atoms with Crippen molar-refractivity contribution in [1.29, 1.82) is 0 Å². The highest BCUT2D eigenvalue weighted by Gasteiger charge is 2.51. The van der Waals surface area contributed by atoms with Crippen LogP contribution >= 0.6 is 0 Å². The van der Waals surface area contributed by atoms with Crippen LogP contribution in [0.2, 0.25) is 0 Å². The molecule has 3 nitrogen and oxygen atoms in total. The number of allylic oxidation sites excluding steroid dienone is 1. The van der Waals surface area contributed by atoms with Gasteiger partial charge in [-0.25, -0.2) is 0 Å². The summed E-state index contributed by atoms with van der Waals surface area (Å²) in [6, 6.07) is 8.55. The summed E-state index contributed by atoms with van der Waals surface area (Å²) in [4.78, 5) is 0. The average molecular weight is 428 g/mol. The van der Waals surface area contributed by atoms with Crippen LogP contribution in [0.15, 0.2) is 36.4 Å². The van der Waals surface area contributed by atoms with Crippen molar-refractivity contribution in [3.05, 3.63) is 47.5 Å². The average Bonchev–Trinajstić information content (AvgIpc) is 3.06. The number of aryl methyl sites for hydroxylation is 1. The Hall–Kier alpha value is -1.16. The highest BCUT2D eigenvalue weighted by molar-refractivity contribution is 5.21. The summed E-state index contributed by atoms with van der Waals surface area (Å²) in [5.41, 5.74) is 4.75. The van der Waals surface area contributed by atoms with Crippen molar-refractivity contribution in [2.45, 2.75) is 84.8 Å². The van der Waals surface area contributed by atoms with E-state index in [0.717, 1.165) is 31.7 Å². The van der Waals surface area contributed by atoms with E-state index in [1.54, 1.807) is 0 Å². The van der Waals surface area contributed by atoms with Gasteiger partial charge in [-0.05, 0) is 99.5 Å². The molecule has 0 saturated heterocycles. The molecule has 0 radical (unpaired) electrons. The molecular formula is C28H45NO2. The number of aliphatic hydroxyl groups is 2. The first-order valence-electron chi connectivity index (χ1n) is 12.4. The topological polar surface area (TPSA) is 52.5 Å². The number of aliphatic hydroxyl groups excluding tert-OH is 2. The monoisotopic (exact) mass is 427 g/mol. The number of nitrogens with one attached hydrogen (secondary N) is 1. The lowest BCUT2D eigenvalue weighted by Crippen LogP contribution is -2.46. The first-order valence-corrected chi connectivity index (χ1v) is 12.4. The van der Waals surface area contributed by atoms with Crippen LogP contribution in [0, 0.1) is 35.5 Å². The van der Waals surface area contributed by atoms with E-state index in [1.165, 1.54) is 48.8 Å². The van der Waals surface area contributed by atoms with Crippen molar-refractivity contribution >= 4 is 0 Å². The van der Waals surface area contributed by atoms with Gasteiger partial charge in [0.05, 0.1) is 6.10 Å². The molecule has 0 aliphatic heterocycles. The van der Waals surface area contributed by atoms with Gasteiger partial charge in [-0.2, -0.15) is 0 Å². The second-order valence-corrected chi connectivity index (χ2v) is 11.1. The molecule has 3 N–H and O–H groups in total. The van der Waals surface area contributed by atoms with Crippen LogP contribution in [0.5, 0.6) is 0 Å². The van der Waals surface area contributed by atoms with Crippen molar-refractivity contribution in [1.82, 2.24) is 5.32 Å². The molecule has 0 bridgehead atoms. The summed E-state index contributed by atoms with van der Waals surface area (Å²) in [5.74, 6) is 1.79. The van der Waals surface area contributed by atoms with E-state index in [1.807, 2.05) is 7.05 Å². The van der Waals surface area contributed by atoms with E-state index in [9.17, 15) is 10.2 Å². The molecule has 0 amide bonds. The van der Waals surface area contributed by atoms with Crippen LogP contribution in [0.4, 0.5) is 0 Å². The van der Waals surface area contributed by atoms with E-state index in [2.05, 4.69) is 56.9 Å². The van der Waals surface area contributed by atoms with Gasteiger partial charge in [0.15, 0.2) is 0 Å². The third kappa shape index (κ3) is 5.26. The molecule has 6 atom stereocenters. The second-order valence-electron chi connectivity index (χ2n) is 11.1. The molecule has 0 aromatic heterocycles. The van der Waals surface area contributed by atoms with Crippen LogP contribution in [0.3, 0.4) is 0 Å². The fraction of sp³-hybridized carbons (Fsp3) is 0.714. The van der Waals surface area contributed by atoms with Crippen LogP contribution in [-0.2, 0) is 6.54 Å². The fourth-order valence-corrected chi connectivity index (χ4v) is 6.66. The van der Waals surface area contributed by atoms with Gasteiger partial charge in [0.2, 0.25) is 0 Å². The van der Waals surface area contributed by atoms with Crippen molar-refractivity contribution in [3.8, 4) is 0 Å². The number of hydrogen-bond acceptors (Lipinski definition) is 3. The smallest absolute Gasteiger partial charge is 0.0544 e. The molecule has 174 valence electrons. The Balaban J connectivity index is 0.000000229. The van der Waals surface area contributed by atoms with Gasteiger partial charge < -0.3 is 15.5 Å². The second kappa shape index (κ2) is 10.2. The molecule has 3 saturated carbocycles. The normalized spacial score (nSPS) is 37.7. The maximum atomic E-state index is 9.94. The van der Waals surface area contributed by atoms with E-state index in [0.29, 0.717) is 11.3 Å². The third-order valence-corrected chi connectivity index (χ3v) is 9.24. The molecule has 1 aromatic carbocycles. The Morgan fingerprint density at radius 3 is 2.39 bits per heavy atom. The van der Waals surface area contributed by atoms with Gasteiger partial charge in [-0.3, -0.25) is 0 Å². The van der Waals surface area contributed by atoms with E-state index >= 15 is 0 Å². The molecule has 0 heterocycles. The van der Waals surface area contributed by atoms with Gasteiger partial charge >= 0.3 is 0 Å². The maximum absolute atomic E-state index is 9.94. The Labute approximate surface area is 190 Å². The third-order valence-electron chi connectivity index (χ3n) is 9.24. The molecular weight excluding hydrogens is 382 g/mol. The van der Waals surface area contributed by atoms with Crippen molar-refractivity contribution in [2.24, 2.45) is 28.6 Å². The summed E-state index contributed by atoms with van der Waals surface area (Å²) in [5, 5.41) is 22.9. The lowest BCUT2D eigenvalue weighted by molar-refractivity contribution is -0.0661. The Morgan fingerprint density at radius 2 is 1.74 bits per heavy atom. The number of hydrogen-bond donors (Lipinski definition) is 3. The van der Waals surface area contributed by atoms with Crippen molar-refractivity contribution < 1.29 is 10.2 Å². The molecule has 6 unspecified atom stereocenters. The van der Waals surface area contributed by atoms with Crippen LogP contribution in [0.25, 0.3) is 0 Å². The lowest BCUT2D eigenvalue weighted by Gasteiger charge is -2.52. The molecule has 4 rings (SSSR count). The summed E-state index contributed by atoms with van der Waals surface area (Å²) < 4.78 is 0. The molecule has 3 fully saturated rings. The molecule has 3 aliphatic rings. The molecule has 3 aliphatic carbocycles. The van der Waals surface area contributed by atoms with E-state index in [4.69, 9.17) is 0 Å². The molecule has 3 heteroatoms. The van der Waals surface area contributed by atoms with Crippen molar-refractivity contribution in [3.63, 3.8) is 0 Å². The zero-order chi connectivity index (χ0) is 22.6. The lowest BCUT2D eigenvalue weighted by atomic mass is 9.53. The zero-order valence-corrected chi connectivity index (χ0v) is 20.3. The molecule has 1 aromatic rings. The van der Waals surface area contributed by atoms with Gasteiger partial charge in [0, 0.05) is 13.2 Å². The van der Waals surface area contributed by atoms with Crippen LogP contribution < -0.4 is 5.32 Å². The summed E-state index contributed by atoms with van der Waals surface area (Å²) >= 11 is 0. The van der Waals surface area contributed by atoms with Gasteiger partial charge in [0.25, 0.3) is 0 Å². The highest BCUT2D eigenvalue weighted by atomic mass is 16.3. The van der Waals surface area contributed by atoms with Crippen LogP contribution in [-0.4, -0.2) is 30.0 Å².